The van der Waals surface area contributed by atoms with Gasteiger partial charge in [0.15, 0.2) is 0 Å². The van der Waals surface area contributed by atoms with Crippen molar-refractivity contribution in [2.24, 2.45) is 0 Å². The van der Waals surface area contributed by atoms with Crippen molar-refractivity contribution in [2.45, 2.75) is 19.4 Å². The number of piperazine rings is 1. The molecule has 6 heteroatoms. The van der Waals surface area contributed by atoms with Gasteiger partial charge < -0.3 is 15.3 Å². The SMILES string of the molecule is C=CCC(NC(C)=O)C(=O)N1CCN(CCO)CC1. The van der Waals surface area contributed by atoms with Gasteiger partial charge >= 0.3 is 0 Å². The molecule has 108 valence electrons. The predicted molar refractivity (Wildman–Crippen MR) is 72.5 cm³/mol. The fraction of sp³-hybridized carbons (Fsp3) is 0.692. The number of carbonyl (C=O) groups is 2. The van der Waals surface area contributed by atoms with Crippen molar-refractivity contribution < 1.29 is 14.7 Å². The van der Waals surface area contributed by atoms with E-state index in [2.05, 4.69) is 16.8 Å². The first-order chi connectivity index (χ1) is 9.08. The number of aliphatic hydroxyl groups is 1. The van der Waals surface area contributed by atoms with Crippen LogP contribution in [0, 0.1) is 0 Å². The second-order valence-corrected chi connectivity index (χ2v) is 4.67. The number of aliphatic hydroxyl groups excluding tert-OH is 1. The Balaban J connectivity index is 2.51. The summed E-state index contributed by atoms with van der Waals surface area (Å²) in [5.41, 5.74) is 0. The van der Waals surface area contributed by atoms with Crippen LogP contribution in [-0.2, 0) is 9.59 Å². The molecular formula is C13H23N3O3. The fourth-order valence-corrected chi connectivity index (χ4v) is 2.19. The van der Waals surface area contributed by atoms with Gasteiger partial charge in [-0.05, 0) is 6.42 Å². The second-order valence-electron chi connectivity index (χ2n) is 4.67. The van der Waals surface area contributed by atoms with Gasteiger partial charge in [-0.25, -0.2) is 0 Å². The Labute approximate surface area is 114 Å². The van der Waals surface area contributed by atoms with Gasteiger partial charge in [-0.1, -0.05) is 6.08 Å². The molecule has 1 rings (SSSR count). The summed E-state index contributed by atoms with van der Waals surface area (Å²) in [6.07, 6.45) is 2.08. The van der Waals surface area contributed by atoms with E-state index in [1.165, 1.54) is 6.92 Å². The van der Waals surface area contributed by atoms with Crippen LogP contribution < -0.4 is 5.32 Å². The Morgan fingerprint density at radius 2 is 2.00 bits per heavy atom. The number of carbonyl (C=O) groups excluding carboxylic acids is 2. The third-order valence-electron chi connectivity index (χ3n) is 3.18. The smallest absolute Gasteiger partial charge is 0.245 e. The number of nitrogens with one attached hydrogen (secondary N) is 1. The summed E-state index contributed by atoms with van der Waals surface area (Å²) in [6.45, 7) is 8.58. The molecule has 1 heterocycles. The van der Waals surface area contributed by atoms with E-state index in [0.29, 0.717) is 26.1 Å². The minimum absolute atomic E-state index is 0.0567. The Bertz CT molecular complexity index is 325. The predicted octanol–water partition coefficient (Wildman–Crippen LogP) is -0.796. The summed E-state index contributed by atoms with van der Waals surface area (Å²) in [5.74, 6) is -0.266. The lowest BCUT2D eigenvalue weighted by Crippen LogP contribution is -2.54. The zero-order chi connectivity index (χ0) is 14.3. The highest BCUT2D eigenvalue weighted by Gasteiger charge is 2.26. The minimum atomic E-state index is -0.514. The molecule has 0 spiro atoms. The van der Waals surface area contributed by atoms with E-state index in [-0.39, 0.29) is 18.4 Å². The highest BCUT2D eigenvalue weighted by atomic mass is 16.3. The molecule has 19 heavy (non-hydrogen) atoms. The van der Waals surface area contributed by atoms with Crippen LogP contribution in [0.2, 0.25) is 0 Å². The van der Waals surface area contributed by atoms with Crippen molar-refractivity contribution in [3.8, 4) is 0 Å². The van der Waals surface area contributed by atoms with Crippen LogP contribution in [0.25, 0.3) is 0 Å². The standard InChI is InChI=1S/C13H23N3O3/c1-3-4-12(14-11(2)18)13(19)16-7-5-15(6-8-16)9-10-17/h3,12,17H,1,4-10H2,2H3,(H,14,18). The van der Waals surface area contributed by atoms with Crippen molar-refractivity contribution in [2.75, 3.05) is 39.3 Å². The number of amides is 2. The number of β-amino-alcohol motifs (C(OH)–C–C–N with tert-alkyl or cyclic N) is 1. The first-order valence-corrected chi connectivity index (χ1v) is 6.58. The first-order valence-electron chi connectivity index (χ1n) is 6.58. The minimum Gasteiger partial charge on any atom is -0.395 e. The lowest BCUT2D eigenvalue weighted by Gasteiger charge is -2.36. The molecule has 2 N–H and O–H groups in total. The molecule has 2 amide bonds. The maximum absolute atomic E-state index is 12.3. The molecule has 0 aliphatic carbocycles. The quantitative estimate of drug-likeness (QED) is 0.620. The Kier molecular flexibility index (Phi) is 6.52. The molecule has 1 saturated heterocycles. The summed E-state index contributed by atoms with van der Waals surface area (Å²) >= 11 is 0. The third kappa shape index (κ3) is 5.00. The van der Waals surface area contributed by atoms with Crippen molar-refractivity contribution in [1.29, 1.82) is 0 Å². The summed E-state index contributed by atoms with van der Waals surface area (Å²) in [5, 5.41) is 11.5. The van der Waals surface area contributed by atoms with E-state index in [0.717, 1.165) is 13.1 Å². The van der Waals surface area contributed by atoms with E-state index in [1.54, 1.807) is 11.0 Å². The van der Waals surface area contributed by atoms with Crippen molar-refractivity contribution in [3.05, 3.63) is 12.7 Å². The fourth-order valence-electron chi connectivity index (χ4n) is 2.19. The molecule has 0 aromatic carbocycles. The summed E-state index contributed by atoms with van der Waals surface area (Å²) in [4.78, 5) is 27.3. The van der Waals surface area contributed by atoms with Crippen LogP contribution in [0.3, 0.4) is 0 Å². The van der Waals surface area contributed by atoms with Crippen LogP contribution in [0.4, 0.5) is 0 Å². The molecule has 0 radical (unpaired) electrons. The molecule has 1 atom stereocenters. The molecule has 0 aromatic rings. The van der Waals surface area contributed by atoms with Crippen molar-refractivity contribution in [1.82, 2.24) is 15.1 Å². The normalized spacial score (nSPS) is 17.9. The number of nitrogens with zero attached hydrogens (tertiary/aromatic N) is 2. The largest absolute Gasteiger partial charge is 0.395 e. The molecule has 1 aliphatic rings. The van der Waals surface area contributed by atoms with Gasteiger partial charge in [0, 0.05) is 39.6 Å². The Morgan fingerprint density at radius 1 is 1.37 bits per heavy atom. The van der Waals surface area contributed by atoms with E-state index in [4.69, 9.17) is 5.11 Å². The lowest BCUT2D eigenvalue weighted by atomic mass is 10.1. The van der Waals surface area contributed by atoms with Crippen molar-refractivity contribution >= 4 is 11.8 Å². The van der Waals surface area contributed by atoms with Gasteiger partial charge in [0.2, 0.25) is 11.8 Å². The summed E-state index contributed by atoms with van der Waals surface area (Å²) < 4.78 is 0. The Morgan fingerprint density at radius 3 is 2.47 bits per heavy atom. The number of hydrogen-bond acceptors (Lipinski definition) is 4. The molecule has 1 unspecified atom stereocenters. The second kappa shape index (κ2) is 7.91. The average Bonchev–Trinajstić information content (AvgIpc) is 2.38. The summed E-state index contributed by atoms with van der Waals surface area (Å²) in [7, 11) is 0. The van der Waals surface area contributed by atoms with Crippen LogP contribution >= 0.6 is 0 Å². The summed E-state index contributed by atoms with van der Waals surface area (Å²) in [6, 6.07) is -0.514. The maximum atomic E-state index is 12.3. The molecule has 0 aromatic heterocycles. The van der Waals surface area contributed by atoms with Crippen LogP contribution in [0.15, 0.2) is 12.7 Å². The highest BCUT2D eigenvalue weighted by Crippen LogP contribution is 2.06. The van der Waals surface area contributed by atoms with E-state index >= 15 is 0 Å². The number of hydrogen-bond donors (Lipinski definition) is 2. The van der Waals surface area contributed by atoms with Gasteiger partial charge in [-0.3, -0.25) is 14.5 Å². The van der Waals surface area contributed by atoms with Gasteiger partial charge in [0.25, 0.3) is 0 Å². The third-order valence-corrected chi connectivity index (χ3v) is 3.18. The monoisotopic (exact) mass is 269 g/mol. The molecule has 1 fully saturated rings. The maximum Gasteiger partial charge on any atom is 0.245 e. The number of rotatable bonds is 6. The average molecular weight is 269 g/mol. The molecule has 1 aliphatic heterocycles. The van der Waals surface area contributed by atoms with Crippen LogP contribution in [0.1, 0.15) is 13.3 Å². The van der Waals surface area contributed by atoms with Crippen LogP contribution in [0.5, 0.6) is 0 Å². The van der Waals surface area contributed by atoms with Gasteiger partial charge in [-0.15, -0.1) is 6.58 Å². The van der Waals surface area contributed by atoms with E-state index in [9.17, 15) is 9.59 Å². The Hall–Kier alpha value is -1.40. The van der Waals surface area contributed by atoms with Crippen molar-refractivity contribution in [3.63, 3.8) is 0 Å². The topological polar surface area (TPSA) is 72.9 Å². The molecule has 6 nitrogen and oxygen atoms in total. The first kappa shape index (κ1) is 15.7. The van der Waals surface area contributed by atoms with E-state index < -0.39 is 6.04 Å². The van der Waals surface area contributed by atoms with E-state index in [1.807, 2.05) is 0 Å². The zero-order valence-electron chi connectivity index (χ0n) is 11.5. The lowest BCUT2D eigenvalue weighted by molar-refractivity contribution is -0.137. The zero-order valence-corrected chi connectivity index (χ0v) is 11.5. The van der Waals surface area contributed by atoms with Gasteiger partial charge in [0.05, 0.1) is 6.61 Å². The van der Waals surface area contributed by atoms with Crippen LogP contribution in [-0.4, -0.2) is 72.1 Å². The highest BCUT2D eigenvalue weighted by molar-refractivity contribution is 5.87. The van der Waals surface area contributed by atoms with Gasteiger partial charge in [-0.2, -0.15) is 0 Å². The molecule has 0 saturated carbocycles. The molecular weight excluding hydrogens is 246 g/mol. The molecule has 0 bridgehead atoms. The van der Waals surface area contributed by atoms with Gasteiger partial charge in [0.1, 0.15) is 6.04 Å².